The van der Waals surface area contributed by atoms with Gasteiger partial charge in [0.05, 0.1) is 28.2 Å². The van der Waals surface area contributed by atoms with Crippen LogP contribution in [0.1, 0.15) is 11.4 Å². The molecule has 136 valence electrons. The lowest BCUT2D eigenvalue weighted by molar-refractivity contribution is 0.833. The highest BCUT2D eigenvalue weighted by Crippen LogP contribution is 2.25. The summed E-state index contributed by atoms with van der Waals surface area (Å²) in [5.41, 5.74) is 4.34. The molecule has 28 heavy (non-hydrogen) atoms. The Bertz CT molecular complexity index is 1400. The average Bonchev–Trinajstić information content (AvgIpc) is 3.02. The van der Waals surface area contributed by atoms with Gasteiger partial charge in [-0.25, -0.2) is 14.2 Å². The fraction of sp³-hybridized carbons (Fsp3) is 0.0952. The summed E-state index contributed by atoms with van der Waals surface area (Å²) in [6, 6.07) is 17.4. The number of benzene rings is 2. The van der Waals surface area contributed by atoms with Crippen LogP contribution in [0.2, 0.25) is 0 Å². The molecule has 5 rings (SSSR count). The van der Waals surface area contributed by atoms with Gasteiger partial charge in [0.15, 0.2) is 11.3 Å². The summed E-state index contributed by atoms with van der Waals surface area (Å²) in [4.78, 5) is 21.6. The number of para-hydroxylation sites is 2. The molecular weight excluding hydrogens is 352 g/mol. The van der Waals surface area contributed by atoms with Crippen LogP contribution in [-0.2, 0) is 0 Å². The molecule has 7 nitrogen and oxygen atoms in total. The molecule has 7 heteroatoms. The Morgan fingerprint density at radius 1 is 0.893 bits per heavy atom. The first-order valence-corrected chi connectivity index (χ1v) is 8.90. The molecule has 3 aromatic heterocycles. The van der Waals surface area contributed by atoms with Gasteiger partial charge in [-0.1, -0.05) is 30.3 Å². The highest BCUT2D eigenvalue weighted by atomic mass is 16.1. The van der Waals surface area contributed by atoms with Crippen molar-refractivity contribution in [3.05, 3.63) is 82.7 Å². The lowest BCUT2D eigenvalue weighted by Gasteiger charge is -2.07. The summed E-state index contributed by atoms with van der Waals surface area (Å²) in [7, 11) is 0. The van der Waals surface area contributed by atoms with Gasteiger partial charge in [-0.2, -0.15) is 15.2 Å². The maximum absolute atomic E-state index is 12.9. The standard InChI is InChI=1S/C21H16N6O/c1-13-18(14(2)27(24-13)15-8-4-3-5-9-15)19-21(28)23-20-16-10-6-7-11-17(16)22-12-26(20)25-19/h3-12H,1-2H3. The smallest absolute Gasteiger partial charge is 0.265 e. The van der Waals surface area contributed by atoms with Gasteiger partial charge in [-0.05, 0) is 38.1 Å². The summed E-state index contributed by atoms with van der Waals surface area (Å²) >= 11 is 0. The Balaban J connectivity index is 1.76. The van der Waals surface area contributed by atoms with E-state index in [4.69, 9.17) is 0 Å². The van der Waals surface area contributed by atoms with E-state index in [2.05, 4.69) is 20.2 Å². The molecule has 0 amide bonds. The van der Waals surface area contributed by atoms with E-state index < -0.39 is 0 Å². The Morgan fingerprint density at radius 3 is 2.46 bits per heavy atom. The molecule has 0 bridgehead atoms. The first-order chi connectivity index (χ1) is 13.6. The lowest BCUT2D eigenvalue weighted by Crippen LogP contribution is -2.17. The summed E-state index contributed by atoms with van der Waals surface area (Å²) in [6.45, 7) is 3.80. The van der Waals surface area contributed by atoms with Gasteiger partial charge in [0, 0.05) is 5.39 Å². The molecule has 2 aromatic carbocycles. The Morgan fingerprint density at radius 2 is 1.64 bits per heavy atom. The van der Waals surface area contributed by atoms with Gasteiger partial charge in [0.1, 0.15) is 6.33 Å². The zero-order valence-corrected chi connectivity index (χ0v) is 15.4. The number of nitrogens with zero attached hydrogens (tertiary/aromatic N) is 6. The maximum Gasteiger partial charge on any atom is 0.300 e. The largest absolute Gasteiger partial charge is 0.300 e. The minimum Gasteiger partial charge on any atom is -0.265 e. The molecule has 0 fully saturated rings. The quantitative estimate of drug-likeness (QED) is 0.448. The van der Waals surface area contributed by atoms with Crippen LogP contribution >= 0.6 is 0 Å². The van der Waals surface area contributed by atoms with E-state index in [-0.39, 0.29) is 11.3 Å². The summed E-state index contributed by atoms with van der Waals surface area (Å²) in [5, 5.41) is 9.95. The van der Waals surface area contributed by atoms with E-state index in [9.17, 15) is 4.79 Å². The van der Waals surface area contributed by atoms with Crippen LogP contribution in [0.15, 0.2) is 65.7 Å². The summed E-state index contributed by atoms with van der Waals surface area (Å²) < 4.78 is 3.37. The second kappa shape index (κ2) is 6.09. The molecule has 0 aliphatic rings. The number of aryl methyl sites for hydroxylation is 1. The average molecular weight is 368 g/mol. The first kappa shape index (κ1) is 16.3. The molecule has 0 N–H and O–H groups in total. The fourth-order valence-corrected chi connectivity index (χ4v) is 3.52. The van der Waals surface area contributed by atoms with Crippen molar-refractivity contribution in [1.82, 2.24) is 29.4 Å². The second-order valence-corrected chi connectivity index (χ2v) is 6.59. The van der Waals surface area contributed by atoms with Crippen molar-refractivity contribution in [2.24, 2.45) is 0 Å². The molecule has 0 aliphatic carbocycles. The molecule has 0 spiro atoms. The van der Waals surface area contributed by atoms with Crippen LogP contribution in [0.4, 0.5) is 0 Å². The van der Waals surface area contributed by atoms with E-state index in [1.165, 1.54) is 0 Å². The number of rotatable bonds is 2. The topological polar surface area (TPSA) is 78.0 Å². The molecule has 0 aliphatic heterocycles. The van der Waals surface area contributed by atoms with Crippen LogP contribution in [0.5, 0.6) is 0 Å². The molecule has 0 saturated heterocycles. The number of hydrogen-bond acceptors (Lipinski definition) is 5. The predicted octanol–water partition coefficient (Wildman–Crippen LogP) is 3.11. The van der Waals surface area contributed by atoms with Gasteiger partial charge < -0.3 is 0 Å². The SMILES string of the molecule is Cc1nn(-c2ccccc2)c(C)c1-c1nn2cnc3ccccc3c2nc1=O. The van der Waals surface area contributed by atoms with Crippen molar-refractivity contribution in [2.45, 2.75) is 13.8 Å². The third-order valence-corrected chi connectivity index (χ3v) is 4.81. The number of fused-ring (bicyclic) bond motifs is 3. The second-order valence-electron chi connectivity index (χ2n) is 6.59. The Labute approximate surface area is 159 Å². The minimum atomic E-state index is -0.379. The van der Waals surface area contributed by atoms with E-state index in [1.807, 2.05) is 73.1 Å². The normalized spacial score (nSPS) is 11.4. The van der Waals surface area contributed by atoms with E-state index >= 15 is 0 Å². The van der Waals surface area contributed by atoms with Crippen molar-refractivity contribution in [3.63, 3.8) is 0 Å². The minimum absolute atomic E-state index is 0.270. The summed E-state index contributed by atoms with van der Waals surface area (Å²) in [5.74, 6) is 0. The zero-order chi connectivity index (χ0) is 19.3. The third kappa shape index (κ3) is 2.40. The maximum atomic E-state index is 12.9. The van der Waals surface area contributed by atoms with Crippen LogP contribution in [-0.4, -0.2) is 29.4 Å². The predicted molar refractivity (Wildman–Crippen MR) is 107 cm³/mol. The molecule has 5 aromatic rings. The molecule has 0 saturated carbocycles. The van der Waals surface area contributed by atoms with E-state index in [1.54, 1.807) is 10.8 Å². The highest BCUT2D eigenvalue weighted by molar-refractivity contribution is 5.90. The van der Waals surface area contributed by atoms with Crippen LogP contribution in [0.25, 0.3) is 33.5 Å². The summed E-state index contributed by atoms with van der Waals surface area (Å²) in [6.07, 6.45) is 1.58. The Kier molecular flexibility index (Phi) is 3.55. The fourth-order valence-electron chi connectivity index (χ4n) is 3.52. The van der Waals surface area contributed by atoms with Gasteiger partial charge >= 0.3 is 0 Å². The van der Waals surface area contributed by atoms with Gasteiger partial charge in [-0.15, -0.1) is 0 Å². The Hall–Kier alpha value is -3.87. The number of hydrogen-bond donors (Lipinski definition) is 0. The van der Waals surface area contributed by atoms with Crippen LogP contribution in [0.3, 0.4) is 0 Å². The molecule has 0 unspecified atom stereocenters. The third-order valence-electron chi connectivity index (χ3n) is 4.81. The first-order valence-electron chi connectivity index (χ1n) is 8.90. The molecule has 3 heterocycles. The lowest BCUT2D eigenvalue weighted by atomic mass is 10.1. The molecule has 0 radical (unpaired) electrons. The van der Waals surface area contributed by atoms with E-state index in [0.29, 0.717) is 11.2 Å². The van der Waals surface area contributed by atoms with Crippen molar-refractivity contribution >= 4 is 16.6 Å². The van der Waals surface area contributed by atoms with Crippen molar-refractivity contribution in [3.8, 4) is 16.9 Å². The van der Waals surface area contributed by atoms with Gasteiger partial charge in [-0.3, -0.25) is 4.79 Å². The van der Waals surface area contributed by atoms with Crippen molar-refractivity contribution < 1.29 is 0 Å². The molecular formula is C21H16N6O. The van der Waals surface area contributed by atoms with Crippen molar-refractivity contribution in [2.75, 3.05) is 0 Å². The van der Waals surface area contributed by atoms with E-state index in [0.717, 1.165) is 28.0 Å². The number of aromatic nitrogens is 6. The molecule has 0 atom stereocenters. The van der Waals surface area contributed by atoms with Gasteiger partial charge in [0.25, 0.3) is 5.56 Å². The highest BCUT2D eigenvalue weighted by Gasteiger charge is 2.20. The monoisotopic (exact) mass is 368 g/mol. The van der Waals surface area contributed by atoms with Crippen molar-refractivity contribution in [1.29, 1.82) is 0 Å². The zero-order valence-electron chi connectivity index (χ0n) is 15.4. The van der Waals surface area contributed by atoms with Gasteiger partial charge in [0.2, 0.25) is 0 Å². The van der Waals surface area contributed by atoms with Crippen LogP contribution in [0, 0.1) is 13.8 Å². The van der Waals surface area contributed by atoms with Crippen LogP contribution < -0.4 is 5.56 Å².